The summed E-state index contributed by atoms with van der Waals surface area (Å²) in [7, 11) is 0. The van der Waals surface area contributed by atoms with Gasteiger partial charge in [0.05, 0.1) is 31.7 Å². The van der Waals surface area contributed by atoms with Crippen LogP contribution in [0.4, 0.5) is 0 Å². The number of nitrogens with zero attached hydrogens (tertiary/aromatic N) is 1. The van der Waals surface area contributed by atoms with E-state index in [-0.39, 0.29) is 18.1 Å². The Morgan fingerprint density at radius 3 is 2.41 bits per heavy atom. The van der Waals surface area contributed by atoms with Gasteiger partial charge in [-0.15, -0.1) is 0 Å². The first-order valence-electron chi connectivity index (χ1n) is 9.54. The van der Waals surface area contributed by atoms with Crippen LogP contribution in [0.5, 0.6) is 11.5 Å². The third-order valence-electron chi connectivity index (χ3n) is 4.86. The maximum Gasteiger partial charge on any atom is 0.260 e. The molecule has 1 aliphatic heterocycles. The Morgan fingerprint density at radius 2 is 1.72 bits per heavy atom. The van der Waals surface area contributed by atoms with Crippen molar-refractivity contribution in [3.63, 3.8) is 0 Å². The molecule has 1 saturated heterocycles. The van der Waals surface area contributed by atoms with Crippen LogP contribution in [0.2, 0.25) is 5.02 Å². The molecule has 7 nitrogen and oxygen atoms in total. The van der Waals surface area contributed by atoms with E-state index in [2.05, 4.69) is 0 Å². The molecule has 0 aromatic heterocycles. The highest BCUT2D eigenvalue weighted by atomic mass is 35.5. The molecule has 0 unspecified atom stereocenters. The summed E-state index contributed by atoms with van der Waals surface area (Å²) in [6.07, 6.45) is 0. The van der Waals surface area contributed by atoms with Gasteiger partial charge in [-0.25, -0.2) is 0 Å². The summed E-state index contributed by atoms with van der Waals surface area (Å²) in [6, 6.07) is 14.0. The molecule has 29 heavy (non-hydrogen) atoms. The van der Waals surface area contributed by atoms with E-state index in [1.807, 2.05) is 12.1 Å². The van der Waals surface area contributed by atoms with Gasteiger partial charge in [-0.2, -0.15) is 0 Å². The number of benzene rings is 2. The minimum absolute atomic E-state index is 0.0965. The van der Waals surface area contributed by atoms with Crippen LogP contribution in [-0.4, -0.2) is 62.7 Å². The van der Waals surface area contributed by atoms with E-state index in [1.165, 1.54) is 4.90 Å². The van der Waals surface area contributed by atoms with Crippen molar-refractivity contribution in [2.45, 2.75) is 0 Å². The Labute approximate surface area is 174 Å². The molecule has 0 saturated carbocycles. The van der Waals surface area contributed by atoms with Crippen molar-refractivity contribution in [1.29, 1.82) is 0 Å². The molecular formula is C21H25ClN3O4+. The Hall–Kier alpha value is -2.77. The fourth-order valence-corrected chi connectivity index (χ4v) is 3.32. The molecule has 154 valence electrons. The molecule has 0 atom stereocenters. The van der Waals surface area contributed by atoms with Gasteiger partial charge in [0.1, 0.15) is 24.7 Å². The molecule has 2 aromatic rings. The maximum atomic E-state index is 12.4. The number of primary amides is 1. The van der Waals surface area contributed by atoms with Gasteiger partial charge in [-0.05, 0) is 36.4 Å². The van der Waals surface area contributed by atoms with Crippen LogP contribution in [-0.2, 0) is 4.79 Å². The number of carbonyl (C=O) groups excluding carboxylic acids is 2. The highest BCUT2D eigenvalue weighted by molar-refractivity contribution is 6.30. The third-order valence-corrected chi connectivity index (χ3v) is 5.12. The number of halogens is 1. The molecule has 1 fully saturated rings. The van der Waals surface area contributed by atoms with E-state index in [0.29, 0.717) is 30.5 Å². The minimum atomic E-state index is -0.578. The van der Waals surface area contributed by atoms with Gasteiger partial charge in [-0.1, -0.05) is 23.7 Å². The van der Waals surface area contributed by atoms with Crippen LogP contribution in [0.1, 0.15) is 10.4 Å². The van der Waals surface area contributed by atoms with Gasteiger partial charge < -0.3 is 25.0 Å². The largest absolute Gasteiger partial charge is 0.488 e. The first kappa shape index (κ1) is 21.0. The Balaban J connectivity index is 1.38. The standard InChI is InChI=1S/C21H24ClN3O4/c22-16-5-7-17(8-6-16)28-14-13-24-9-11-25(12-10-24)20(26)15-29-19-4-2-1-3-18(19)21(23)27/h1-8H,9-15H2,(H2,23,27)/p+1. The topological polar surface area (TPSA) is 86.3 Å². The van der Waals surface area contributed by atoms with Crippen molar-refractivity contribution in [3.05, 3.63) is 59.1 Å². The van der Waals surface area contributed by atoms with Crippen molar-refractivity contribution in [3.8, 4) is 11.5 Å². The molecule has 0 bridgehead atoms. The molecule has 1 heterocycles. The van der Waals surface area contributed by atoms with Crippen LogP contribution in [0, 0.1) is 0 Å². The molecule has 0 spiro atoms. The SMILES string of the molecule is NC(=O)c1ccccc1OCC(=O)N1CC[NH+](CCOc2ccc(Cl)cc2)CC1. The van der Waals surface area contributed by atoms with Gasteiger partial charge in [0.25, 0.3) is 11.8 Å². The summed E-state index contributed by atoms with van der Waals surface area (Å²) in [5, 5.41) is 0.686. The minimum Gasteiger partial charge on any atom is -0.488 e. The molecule has 1 aliphatic rings. The summed E-state index contributed by atoms with van der Waals surface area (Å²) in [6.45, 7) is 4.40. The predicted octanol–water partition coefficient (Wildman–Crippen LogP) is 0.624. The van der Waals surface area contributed by atoms with E-state index in [9.17, 15) is 9.59 Å². The van der Waals surface area contributed by atoms with Crippen LogP contribution in [0.25, 0.3) is 0 Å². The molecule has 2 aromatic carbocycles. The van der Waals surface area contributed by atoms with Crippen LogP contribution >= 0.6 is 11.6 Å². The number of nitrogens with two attached hydrogens (primary N) is 1. The van der Waals surface area contributed by atoms with Gasteiger partial charge in [0.2, 0.25) is 0 Å². The molecular weight excluding hydrogens is 394 g/mol. The first-order chi connectivity index (χ1) is 14.0. The summed E-state index contributed by atoms with van der Waals surface area (Å²) in [5.74, 6) is 0.458. The van der Waals surface area contributed by atoms with E-state index < -0.39 is 5.91 Å². The van der Waals surface area contributed by atoms with E-state index >= 15 is 0 Å². The second-order valence-corrected chi connectivity index (χ2v) is 7.27. The summed E-state index contributed by atoms with van der Waals surface area (Å²) < 4.78 is 11.3. The number of para-hydroxylation sites is 1. The van der Waals surface area contributed by atoms with Crippen molar-refractivity contribution < 1.29 is 24.0 Å². The van der Waals surface area contributed by atoms with E-state index in [4.69, 9.17) is 26.8 Å². The van der Waals surface area contributed by atoms with Crippen LogP contribution in [0.3, 0.4) is 0 Å². The summed E-state index contributed by atoms with van der Waals surface area (Å²) in [4.78, 5) is 27.0. The lowest BCUT2D eigenvalue weighted by atomic mass is 10.2. The van der Waals surface area contributed by atoms with Crippen molar-refractivity contribution in [1.82, 2.24) is 4.90 Å². The van der Waals surface area contributed by atoms with Crippen LogP contribution < -0.4 is 20.1 Å². The smallest absolute Gasteiger partial charge is 0.260 e. The predicted molar refractivity (Wildman–Crippen MR) is 110 cm³/mol. The fraction of sp³-hybridized carbons (Fsp3) is 0.333. The second-order valence-electron chi connectivity index (χ2n) is 6.83. The van der Waals surface area contributed by atoms with E-state index in [0.717, 1.165) is 25.4 Å². The van der Waals surface area contributed by atoms with Crippen molar-refractivity contribution in [2.75, 3.05) is 45.9 Å². The van der Waals surface area contributed by atoms with E-state index in [1.54, 1.807) is 41.3 Å². The fourth-order valence-electron chi connectivity index (χ4n) is 3.19. The highest BCUT2D eigenvalue weighted by Gasteiger charge is 2.24. The van der Waals surface area contributed by atoms with Crippen molar-refractivity contribution >= 4 is 23.4 Å². The highest BCUT2D eigenvalue weighted by Crippen LogP contribution is 2.17. The summed E-state index contributed by atoms with van der Waals surface area (Å²) in [5.41, 5.74) is 5.60. The lowest BCUT2D eigenvalue weighted by Gasteiger charge is -2.32. The number of carbonyl (C=O) groups is 2. The number of nitrogens with one attached hydrogen (secondary N) is 1. The Kier molecular flexibility index (Phi) is 7.32. The van der Waals surface area contributed by atoms with Gasteiger partial charge in [0.15, 0.2) is 6.61 Å². The maximum absolute atomic E-state index is 12.4. The number of ether oxygens (including phenoxy) is 2. The molecule has 2 amide bonds. The van der Waals surface area contributed by atoms with Crippen LogP contribution in [0.15, 0.2) is 48.5 Å². The normalized spacial score (nSPS) is 14.4. The number of rotatable bonds is 8. The number of hydrogen-bond donors (Lipinski definition) is 2. The Morgan fingerprint density at radius 1 is 1.03 bits per heavy atom. The monoisotopic (exact) mass is 418 g/mol. The zero-order valence-corrected chi connectivity index (χ0v) is 16.9. The number of hydrogen-bond acceptors (Lipinski definition) is 4. The first-order valence-corrected chi connectivity index (χ1v) is 9.92. The zero-order valence-electron chi connectivity index (χ0n) is 16.1. The molecule has 8 heteroatoms. The van der Waals surface area contributed by atoms with Gasteiger partial charge in [-0.3, -0.25) is 9.59 Å². The lowest BCUT2D eigenvalue weighted by molar-refractivity contribution is -0.904. The molecule has 3 rings (SSSR count). The summed E-state index contributed by atoms with van der Waals surface area (Å²) >= 11 is 5.86. The van der Waals surface area contributed by atoms with Gasteiger partial charge >= 0.3 is 0 Å². The number of piperazine rings is 1. The number of quaternary nitrogens is 1. The van der Waals surface area contributed by atoms with Gasteiger partial charge in [0, 0.05) is 5.02 Å². The second kappa shape index (κ2) is 10.1. The molecule has 0 aliphatic carbocycles. The number of amides is 2. The third kappa shape index (κ3) is 6.10. The molecule has 3 N–H and O–H groups in total. The lowest BCUT2D eigenvalue weighted by Crippen LogP contribution is -3.15. The zero-order chi connectivity index (χ0) is 20.6. The molecule has 0 radical (unpaired) electrons. The average molecular weight is 419 g/mol. The average Bonchev–Trinajstić information content (AvgIpc) is 2.74. The van der Waals surface area contributed by atoms with Crippen molar-refractivity contribution in [2.24, 2.45) is 5.73 Å². The quantitative estimate of drug-likeness (QED) is 0.658. The Bertz CT molecular complexity index is 836.